The van der Waals surface area contributed by atoms with Gasteiger partial charge < -0.3 is 9.47 Å². The number of hydrogen-bond donors (Lipinski definition) is 0. The Morgan fingerprint density at radius 1 is 0.744 bits per heavy atom. The summed E-state index contributed by atoms with van der Waals surface area (Å²) in [6.07, 6.45) is 0. The van der Waals surface area contributed by atoms with Crippen molar-refractivity contribution in [2.24, 2.45) is 11.8 Å². The highest BCUT2D eigenvalue weighted by atomic mass is 35.5. The average Bonchev–Trinajstić information content (AvgIpc) is 3.58. The quantitative estimate of drug-likeness (QED) is 0.125. The molecular formula is C31H24Cl2N4O4S2. The van der Waals surface area contributed by atoms with Crippen LogP contribution in [0.25, 0.3) is 31.8 Å². The summed E-state index contributed by atoms with van der Waals surface area (Å²) in [4.78, 5) is 28.6. The van der Waals surface area contributed by atoms with Crippen LogP contribution in [0, 0.1) is 25.7 Å². The van der Waals surface area contributed by atoms with E-state index in [1.54, 1.807) is 12.1 Å². The molecule has 0 radical (unpaired) electrons. The molecule has 4 aromatic heterocycles. The predicted molar refractivity (Wildman–Crippen MR) is 169 cm³/mol. The van der Waals surface area contributed by atoms with Crippen LogP contribution in [0.2, 0.25) is 0 Å². The molecule has 12 heteroatoms. The van der Waals surface area contributed by atoms with E-state index in [-0.39, 0.29) is 25.0 Å². The van der Waals surface area contributed by atoms with Crippen molar-refractivity contribution in [3.63, 3.8) is 0 Å². The van der Waals surface area contributed by atoms with Crippen molar-refractivity contribution >= 4 is 78.2 Å². The van der Waals surface area contributed by atoms with Crippen LogP contribution in [0.15, 0.2) is 72.8 Å². The molecular weight excluding hydrogens is 627 g/mol. The largest absolute Gasteiger partial charge is 0.461 e. The van der Waals surface area contributed by atoms with Crippen molar-refractivity contribution in [2.75, 3.05) is 13.2 Å². The van der Waals surface area contributed by atoms with Gasteiger partial charge in [0.2, 0.25) is 0 Å². The number of carbonyl (C=O) groups is 2. The third kappa shape index (κ3) is 5.02. The van der Waals surface area contributed by atoms with Gasteiger partial charge in [0.25, 0.3) is 0 Å². The van der Waals surface area contributed by atoms with Gasteiger partial charge in [-0.25, -0.2) is 19.0 Å². The number of carbonyl (C=O) groups excluding carboxylic acids is 2. The number of aryl methyl sites for hydroxylation is 2. The van der Waals surface area contributed by atoms with Gasteiger partial charge in [-0.05, 0) is 50.2 Å². The SMILES string of the molecule is Cc1nn(-c2ccccc2)c2sc(C(=O)OC[C@@H]3[C@@H](COC(=O)c4cc5c(C)nn(-c6ccccc6)c5s4)C3(Cl)Cl)cc12. The number of esters is 2. The molecule has 8 nitrogen and oxygen atoms in total. The normalized spacial score (nSPS) is 17.4. The zero-order valence-corrected chi connectivity index (χ0v) is 26.1. The Hall–Kier alpha value is -3.70. The fraction of sp³-hybridized carbons (Fsp3) is 0.226. The number of fused-ring (bicyclic) bond motifs is 2. The summed E-state index contributed by atoms with van der Waals surface area (Å²) in [7, 11) is 0. The third-order valence-corrected chi connectivity index (χ3v) is 10.9. The van der Waals surface area contributed by atoms with Gasteiger partial charge in [-0.1, -0.05) is 36.4 Å². The molecule has 0 aliphatic heterocycles. The highest BCUT2D eigenvalue weighted by Crippen LogP contribution is 2.59. The van der Waals surface area contributed by atoms with Crippen LogP contribution in [0.1, 0.15) is 30.7 Å². The molecule has 1 saturated carbocycles. The molecule has 0 unspecified atom stereocenters. The van der Waals surface area contributed by atoms with Crippen molar-refractivity contribution in [3.8, 4) is 11.4 Å². The highest BCUT2D eigenvalue weighted by molar-refractivity contribution is 7.20. The molecule has 7 rings (SSSR count). The summed E-state index contributed by atoms with van der Waals surface area (Å²) < 4.78 is 13.7. The maximum Gasteiger partial charge on any atom is 0.348 e. The smallest absolute Gasteiger partial charge is 0.348 e. The van der Waals surface area contributed by atoms with E-state index < -0.39 is 16.3 Å². The number of ether oxygens (including phenoxy) is 2. The minimum Gasteiger partial charge on any atom is -0.461 e. The van der Waals surface area contributed by atoms with Gasteiger partial charge in [-0.3, -0.25) is 0 Å². The van der Waals surface area contributed by atoms with Crippen LogP contribution in [-0.4, -0.2) is 49.0 Å². The van der Waals surface area contributed by atoms with Crippen LogP contribution >= 0.6 is 45.9 Å². The maximum absolute atomic E-state index is 13.0. The monoisotopic (exact) mass is 650 g/mol. The minimum atomic E-state index is -1.16. The molecule has 0 N–H and O–H groups in total. The van der Waals surface area contributed by atoms with Gasteiger partial charge in [0.1, 0.15) is 23.7 Å². The van der Waals surface area contributed by atoms with Crippen molar-refractivity contribution < 1.29 is 19.1 Å². The molecule has 0 bridgehead atoms. The Labute approximate surface area is 264 Å². The van der Waals surface area contributed by atoms with E-state index in [0.717, 1.165) is 43.2 Å². The number of rotatable bonds is 8. The summed E-state index contributed by atoms with van der Waals surface area (Å²) in [6.45, 7) is 3.85. The second-order valence-corrected chi connectivity index (χ2v) is 13.9. The van der Waals surface area contributed by atoms with Crippen LogP contribution in [0.4, 0.5) is 0 Å². The first kappa shape index (κ1) is 28.1. The fourth-order valence-corrected chi connectivity index (χ4v) is 8.06. The summed E-state index contributed by atoms with van der Waals surface area (Å²) in [5.74, 6) is -1.64. The number of halogens is 2. The van der Waals surface area contributed by atoms with Crippen molar-refractivity contribution in [1.29, 1.82) is 0 Å². The lowest BCUT2D eigenvalue weighted by atomic mass is 10.3. The highest BCUT2D eigenvalue weighted by Gasteiger charge is 2.64. The van der Waals surface area contributed by atoms with E-state index >= 15 is 0 Å². The summed E-state index contributed by atoms with van der Waals surface area (Å²) >= 11 is 15.7. The Bertz CT molecular complexity index is 1850. The maximum atomic E-state index is 13.0. The number of thiophene rings is 2. The van der Waals surface area contributed by atoms with E-state index in [1.165, 1.54) is 22.7 Å². The van der Waals surface area contributed by atoms with Gasteiger partial charge in [-0.2, -0.15) is 10.2 Å². The van der Waals surface area contributed by atoms with Crippen LogP contribution in [-0.2, 0) is 9.47 Å². The molecule has 2 atom stereocenters. The van der Waals surface area contributed by atoms with Crippen LogP contribution < -0.4 is 0 Å². The molecule has 1 aliphatic carbocycles. The molecule has 0 spiro atoms. The molecule has 1 fully saturated rings. The summed E-state index contributed by atoms with van der Waals surface area (Å²) in [5.41, 5.74) is 3.47. The first-order chi connectivity index (χ1) is 20.7. The van der Waals surface area contributed by atoms with E-state index in [9.17, 15) is 9.59 Å². The zero-order valence-electron chi connectivity index (χ0n) is 23.0. The number of aromatic nitrogens is 4. The standard InChI is InChI=1S/C31H24Cl2N4O4S2/c1-17-21-13-25(42-27(21)36(34-17)19-9-5-3-6-10-19)29(38)40-15-23-24(31(23,32)33)16-41-30(39)26-14-22-18(2)35-37(28(22)43-26)20-11-7-4-8-12-20/h3-14,23-24H,15-16H2,1-2H3/t23-,24-/m1/s1. The molecule has 2 aromatic carbocycles. The minimum absolute atomic E-state index is 0.0150. The van der Waals surface area contributed by atoms with Gasteiger partial charge >= 0.3 is 11.9 Å². The average molecular weight is 652 g/mol. The number of alkyl halides is 2. The first-order valence-electron chi connectivity index (χ1n) is 13.5. The van der Waals surface area contributed by atoms with Gasteiger partial charge in [0.05, 0.1) is 36.0 Å². The topological polar surface area (TPSA) is 88.2 Å². The zero-order chi connectivity index (χ0) is 29.9. The van der Waals surface area contributed by atoms with E-state index in [4.69, 9.17) is 32.7 Å². The molecule has 43 heavy (non-hydrogen) atoms. The van der Waals surface area contributed by atoms with E-state index in [1.807, 2.05) is 83.9 Å². The lowest BCUT2D eigenvalue weighted by molar-refractivity contribution is 0.0425. The predicted octanol–water partition coefficient (Wildman–Crippen LogP) is 7.54. The van der Waals surface area contributed by atoms with Crippen LogP contribution in [0.5, 0.6) is 0 Å². The number of nitrogens with zero attached hydrogens (tertiary/aromatic N) is 4. The number of para-hydroxylation sites is 2. The second-order valence-electron chi connectivity index (χ2n) is 10.4. The molecule has 6 aromatic rings. The molecule has 0 saturated heterocycles. The molecule has 1 aliphatic rings. The second kappa shape index (κ2) is 10.8. The van der Waals surface area contributed by atoms with Gasteiger partial charge in [-0.15, -0.1) is 45.9 Å². The Morgan fingerprint density at radius 2 is 1.14 bits per heavy atom. The van der Waals surface area contributed by atoms with E-state index in [0.29, 0.717) is 9.75 Å². The summed E-state index contributed by atoms with van der Waals surface area (Å²) in [6, 6.07) is 23.1. The Kier molecular flexibility index (Phi) is 7.04. The molecule has 218 valence electrons. The van der Waals surface area contributed by atoms with Crippen molar-refractivity contribution in [3.05, 3.63) is 93.9 Å². The lowest BCUT2D eigenvalue weighted by Crippen LogP contribution is -2.10. The Morgan fingerprint density at radius 3 is 1.53 bits per heavy atom. The molecule has 4 heterocycles. The lowest BCUT2D eigenvalue weighted by Gasteiger charge is -2.04. The van der Waals surface area contributed by atoms with E-state index in [2.05, 4.69) is 10.2 Å². The first-order valence-corrected chi connectivity index (χ1v) is 15.9. The van der Waals surface area contributed by atoms with Crippen LogP contribution in [0.3, 0.4) is 0 Å². The van der Waals surface area contributed by atoms with Crippen molar-refractivity contribution in [2.45, 2.75) is 18.2 Å². The molecule has 0 amide bonds. The number of hydrogen-bond acceptors (Lipinski definition) is 8. The fourth-order valence-electron chi connectivity index (χ4n) is 5.17. The van der Waals surface area contributed by atoms with Gasteiger partial charge in [0.15, 0.2) is 0 Å². The summed E-state index contributed by atoms with van der Waals surface area (Å²) in [5, 5.41) is 11.0. The Balaban J connectivity index is 0.989. The van der Waals surface area contributed by atoms with Gasteiger partial charge in [0, 0.05) is 22.6 Å². The van der Waals surface area contributed by atoms with Crippen molar-refractivity contribution in [1.82, 2.24) is 19.6 Å². The number of benzene rings is 2. The third-order valence-electron chi connectivity index (χ3n) is 7.65.